The van der Waals surface area contributed by atoms with Crippen LogP contribution < -0.4 is 5.32 Å². The average molecular weight is 335 g/mol. The number of nitrogens with one attached hydrogen (secondary N) is 1. The Hall–Kier alpha value is -2.65. The molecule has 0 saturated carbocycles. The fourth-order valence-corrected chi connectivity index (χ4v) is 4.46. The van der Waals surface area contributed by atoms with Gasteiger partial charge in [-0.05, 0) is 37.0 Å². The summed E-state index contributed by atoms with van der Waals surface area (Å²) in [5.41, 5.74) is 5.41. The SMILES string of the molecule is CCNc1sc2c(c1C#N)CCc1nn(Cc3cccnc3)cc1-2. The summed E-state index contributed by atoms with van der Waals surface area (Å²) in [6, 6.07) is 6.38. The first-order valence-electron chi connectivity index (χ1n) is 8.05. The van der Waals surface area contributed by atoms with Crippen LogP contribution in [0.5, 0.6) is 0 Å². The third-order valence-corrected chi connectivity index (χ3v) is 5.44. The zero-order chi connectivity index (χ0) is 16.5. The van der Waals surface area contributed by atoms with Crippen molar-refractivity contribution in [1.82, 2.24) is 14.8 Å². The van der Waals surface area contributed by atoms with Crippen molar-refractivity contribution in [2.24, 2.45) is 0 Å². The van der Waals surface area contributed by atoms with Crippen LogP contribution in [0.2, 0.25) is 0 Å². The van der Waals surface area contributed by atoms with Gasteiger partial charge in [-0.15, -0.1) is 11.3 Å². The molecular formula is C18H17N5S. The third-order valence-electron chi connectivity index (χ3n) is 4.22. The molecule has 6 heteroatoms. The van der Waals surface area contributed by atoms with Gasteiger partial charge >= 0.3 is 0 Å². The molecule has 0 aromatic carbocycles. The second-order valence-corrected chi connectivity index (χ2v) is 6.82. The van der Waals surface area contributed by atoms with Gasteiger partial charge in [-0.3, -0.25) is 9.67 Å². The number of aryl methyl sites for hydroxylation is 1. The highest BCUT2D eigenvalue weighted by Crippen LogP contribution is 2.44. The Morgan fingerprint density at radius 2 is 2.33 bits per heavy atom. The zero-order valence-corrected chi connectivity index (χ0v) is 14.2. The van der Waals surface area contributed by atoms with Crippen LogP contribution in [0.1, 0.15) is 29.3 Å². The van der Waals surface area contributed by atoms with Gasteiger partial charge in [0.1, 0.15) is 11.1 Å². The first kappa shape index (κ1) is 14.9. The van der Waals surface area contributed by atoms with Crippen molar-refractivity contribution >= 4 is 16.3 Å². The minimum absolute atomic E-state index is 0.715. The molecule has 1 aliphatic rings. The molecule has 4 rings (SSSR count). The molecule has 3 aromatic rings. The molecule has 0 bridgehead atoms. The number of hydrogen-bond acceptors (Lipinski definition) is 5. The summed E-state index contributed by atoms with van der Waals surface area (Å²) in [5, 5.41) is 18.6. The molecule has 0 spiro atoms. The van der Waals surface area contributed by atoms with E-state index in [1.807, 2.05) is 16.9 Å². The molecule has 0 unspecified atom stereocenters. The van der Waals surface area contributed by atoms with Crippen molar-refractivity contribution in [3.8, 4) is 16.5 Å². The largest absolute Gasteiger partial charge is 0.376 e. The minimum atomic E-state index is 0.715. The highest BCUT2D eigenvalue weighted by Gasteiger charge is 2.26. The second kappa shape index (κ2) is 6.10. The lowest BCUT2D eigenvalue weighted by atomic mass is 9.94. The number of pyridine rings is 1. The molecule has 3 heterocycles. The zero-order valence-electron chi connectivity index (χ0n) is 13.4. The van der Waals surface area contributed by atoms with Crippen LogP contribution in [-0.4, -0.2) is 21.3 Å². The van der Waals surface area contributed by atoms with E-state index in [1.165, 1.54) is 16.0 Å². The molecule has 5 nitrogen and oxygen atoms in total. The molecule has 1 aliphatic carbocycles. The predicted molar refractivity (Wildman–Crippen MR) is 95.2 cm³/mol. The van der Waals surface area contributed by atoms with Gasteiger partial charge in [0.05, 0.1) is 17.8 Å². The Morgan fingerprint density at radius 1 is 1.42 bits per heavy atom. The van der Waals surface area contributed by atoms with Gasteiger partial charge in [0, 0.05) is 35.6 Å². The van der Waals surface area contributed by atoms with Gasteiger partial charge < -0.3 is 5.32 Å². The lowest BCUT2D eigenvalue weighted by Gasteiger charge is -2.09. The van der Waals surface area contributed by atoms with Crippen molar-refractivity contribution in [2.75, 3.05) is 11.9 Å². The van der Waals surface area contributed by atoms with Crippen molar-refractivity contribution in [2.45, 2.75) is 26.3 Å². The number of anilines is 1. The van der Waals surface area contributed by atoms with Crippen molar-refractivity contribution < 1.29 is 0 Å². The molecule has 0 fully saturated rings. The molecule has 0 saturated heterocycles. The summed E-state index contributed by atoms with van der Waals surface area (Å²) < 4.78 is 1.98. The van der Waals surface area contributed by atoms with Gasteiger partial charge in [-0.25, -0.2) is 0 Å². The highest BCUT2D eigenvalue weighted by molar-refractivity contribution is 7.20. The van der Waals surface area contributed by atoms with Crippen LogP contribution in [0.15, 0.2) is 30.7 Å². The number of aromatic nitrogens is 3. The van der Waals surface area contributed by atoms with Crippen LogP contribution in [0.25, 0.3) is 10.4 Å². The Bertz CT molecular complexity index is 917. The smallest absolute Gasteiger partial charge is 0.107 e. The van der Waals surface area contributed by atoms with E-state index in [0.29, 0.717) is 6.54 Å². The first-order chi connectivity index (χ1) is 11.8. The highest BCUT2D eigenvalue weighted by atomic mass is 32.1. The Labute approximate surface area is 144 Å². The van der Waals surface area contributed by atoms with Gasteiger partial charge in [0.2, 0.25) is 0 Å². The number of thiophene rings is 1. The van der Waals surface area contributed by atoms with E-state index in [2.05, 4.69) is 35.6 Å². The first-order valence-corrected chi connectivity index (χ1v) is 8.87. The van der Waals surface area contributed by atoms with Crippen LogP contribution >= 0.6 is 11.3 Å². The fourth-order valence-electron chi connectivity index (χ4n) is 3.16. The molecule has 0 aliphatic heterocycles. The maximum absolute atomic E-state index is 9.53. The minimum Gasteiger partial charge on any atom is -0.376 e. The lowest BCUT2D eigenvalue weighted by molar-refractivity contribution is 0.668. The van der Waals surface area contributed by atoms with Crippen LogP contribution in [0.4, 0.5) is 5.00 Å². The number of rotatable bonds is 4. The van der Waals surface area contributed by atoms with Crippen molar-refractivity contribution in [3.05, 3.63) is 53.1 Å². The van der Waals surface area contributed by atoms with Crippen LogP contribution in [-0.2, 0) is 19.4 Å². The topological polar surface area (TPSA) is 66.5 Å². The maximum Gasteiger partial charge on any atom is 0.107 e. The molecule has 3 aromatic heterocycles. The van der Waals surface area contributed by atoms with Gasteiger partial charge in [-0.2, -0.15) is 10.4 Å². The quantitative estimate of drug-likeness (QED) is 0.793. The lowest BCUT2D eigenvalue weighted by Crippen LogP contribution is -2.04. The number of fused-ring (bicyclic) bond motifs is 3. The normalized spacial score (nSPS) is 12.3. The molecule has 0 radical (unpaired) electrons. The summed E-state index contributed by atoms with van der Waals surface area (Å²) in [4.78, 5) is 5.36. The van der Waals surface area contributed by atoms with E-state index in [-0.39, 0.29) is 0 Å². The van der Waals surface area contributed by atoms with Crippen molar-refractivity contribution in [3.63, 3.8) is 0 Å². The molecule has 0 atom stereocenters. The maximum atomic E-state index is 9.53. The summed E-state index contributed by atoms with van der Waals surface area (Å²) >= 11 is 1.67. The van der Waals surface area contributed by atoms with Gasteiger partial charge in [0.15, 0.2) is 0 Å². The van der Waals surface area contributed by atoms with E-state index in [0.717, 1.165) is 41.2 Å². The fraction of sp³-hybridized carbons (Fsp3) is 0.278. The van der Waals surface area contributed by atoms with E-state index in [1.54, 1.807) is 17.5 Å². The Kier molecular flexibility index (Phi) is 3.79. The molecular weight excluding hydrogens is 318 g/mol. The number of hydrogen-bond donors (Lipinski definition) is 1. The number of nitriles is 1. The standard InChI is InChI=1S/C18H17N5S/c1-2-21-18-14(8-19)13-5-6-16-15(17(13)24-18)11-23(22-16)10-12-4-3-7-20-9-12/h3-4,7,9,11,21H,2,5-6,10H2,1H3. The molecule has 24 heavy (non-hydrogen) atoms. The van der Waals surface area contributed by atoms with Gasteiger partial charge in [-0.1, -0.05) is 6.07 Å². The third kappa shape index (κ3) is 2.47. The van der Waals surface area contributed by atoms with Crippen LogP contribution in [0.3, 0.4) is 0 Å². The van der Waals surface area contributed by atoms with E-state index < -0.39 is 0 Å². The van der Waals surface area contributed by atoms with E-state index >= 15 is 0 Å². The Balaban J connectivity index is 1.73. The summed E-state index contributed by atoms with van der Waals surface area (Å²) in [5.74, 6) is 0. The molecule has 1 N–H and O–H groups in total. The summed E-state index contributed by atoms with van der Waals surface area (Å²) in [6.07, 6.45) is 7.53. The average Bonchev–Trinajstić information content (AvgIpc) is 3.16. The van der Waals surface area contributed by atoms with Crippen molar-refractivity contribution in [1.29, 1.82) is 5.26 Å². The Morgan fingerprint density at radius 3 is 3.08 bits per heavy atom. The van der Waals surface area contributed by atoms with Crippen LogP contribution in [0, 0.1) is 11.3 Å². The second-order valence-electron chi connectivity index (χ2n) is 5.80. The summed E-state index contributed by atoms with van der Waals surface area (Å²) in [7, 11) is 0. The van der Waals surface area contributed by atoms with E-state index in [9.17, 15) is 5.26 Å². The predicted octanol–water partition coefficient (Wildman–Crippen LogP) is 3.46. The molecule has 120 valence electrons. The van der Waals surface area contributed by atoms with E-state index in [4.69, 9.17) is 5.10 Å². The van der Waals surface area contributed by atoms with Gasteiger partial charge in [0.25, 0.3) is 0 Å². The number of nitrogens with zero attached hydrogens (tertiary/aromatic N) is 4. The molecule has 0 amide bonds. The summed E-state index contributed by atoms with van der Waals surface area (Å²) in [6.45, 7) is 3.59. The monoisotopic (exact) mass is 335 g/mol.